The largest absolute Gasteiger partial charge is 0.397 e. The van der Waals surface area contributed by atoms with Crippen molar-refractivity contribution in [2.45, 2.75) is 32.9 Å². The van der Waals surface area contributed by atoms with Crippen LogP contribution in [0.4, 0.5) is 5.69 Å². The monoisotopic (exact) mass is 250 g/mol. The molecule has 0 aliphatic carbocycles. The smallest absolute Gasteiger partial charge is 0.254 e. The summed E-state index contributed by atoms with van der Waals surface area (Å²) in [6.07, 6.45) is 2.87. The number of pyridine rings is 1. The van der Waals surface area contributed by atoms with Crippen molar-refractivity contribution < 1.29 is 9.59 Å². The minimum atomic E-state index is -0.618. The molecule has 1 aromatic heterocycles. The molecule has 98 valence electrons. The lowest BCUT2D eigenvalue weighted by atomic mass is 10.2. The topological polar surface area (TPSA) is 97.1 Å². The van der Waals surface area contributed by atoms with Crippen molar-refractivity contribution in [3.8, 4) is 0 Å². The third-order valence-corrected chi connectivity index (χ3v) is 2.27. The molecule has 0 saturated carbocycles. The van der Waals surface area contributed by atoms with Crippen LogP contribution in [0.3, 0.4) is 0 Å². The van der Waals surface area contributed by atoms with E-state index in [-0.39, 0.29) is 23.5 Å². The molecule has 0 radical (unpaired) electrons. The number of nitrogens with zero attached hydrogens (tertiary/aromatic N) is 1. The van der Waals surface area contributed by atoms with E-state index in [1.807, 2.05) is 13.8 Å². The van der Waals surface area contributed by atoms with E-state index < -0.39 is 6.04 Å². The van der Waals surface area contributed by atoms with Gasteiger partial charge in [0, 0.05) is 12.2 Å². The molecule has 1 aromatic rings. The zero-order chi connectivity index (χ0) is 13.7. The molecule has 1 atom stereocenters. The predicted molar refractivity (Wildman–Crippen MR) is 68.9 cm³/mol. The summed E-state index contributed by atoms with van der Waals surface area (Å²) < 4.78 is 0. The van der Waals surface area contributed by atoms with Gasteiger partial charge in [0.05, 0.1) is 17.4 Å². The Morgan fingerprint density at radius 1 is 1.28 bits per heavy atom. The molecule has 0 saturated heterocycles. The van der Waals surface area contributed by atoms with Crippen molar-refractivity contribution in [2.24, 2.45) is 0 Å². The van der Waals surface area contributed by atoms with Gasteiger partial charge in [-0.25, -0.2) is 0 Å². The van der Waals surface area contributed by atoms with Crippen LogP contribution in [0.25, 0.3) is 0 Å². The van der Waals surface area contributed by atoms with E-state index in [1.165, 1.54) is 18.5 Å². The number of nitrogens with two attached hydrogens (primary N) is 1. The summed E-state index contributed by atoms with van der Waals surface area (Å²) >= 11 is 0. The fraction of sp³-hybridized carbons (Fsp3) is 0.417. The summed E-state index contributed by atoms with van der Waals surface area (Å²) in [6.45, 7) is 5.33. The van der Waals surface area contributed by atoms with Crippen molar-refractivity contribution >= 4 is 17.5 Å². The molecule has 0 aromatic carbocycles. The third-order valence-electron chi connectivity index (χ3n) is 2.27. The van der Waals surface area contributed by atoms with E-state index in [9.17, 15) is 9.59 Å². The molecule has 1 heterocycles. The maximum absolute atomic E-state index is 11.9. The van der Waals surface area contributed by atoms with Gasteiger partial charge in [0.25, 0.3) is 5.91 Å². The molecule has 0 spiro atoms. The van der Waals surface area contributed by atoms with Gasteiger partial charge >= 0.3 is 0 Å². The highest BCUT2D eigenvalue weighted by Crippen LogP contribution is 2.08. The number of aromatic nitrogens is 1. The van der Waals surface area contributed by atoms with Crippen LogP contribution in [0.2, 0.25) is 0 Å². The van der Waals surface area contributed by atoms with Crippen molar-refractivity contribution in [1.29, 1.82) is 0 Å². The minimum absolute atomic E-state index is 0.0304. The zero-order valence-electron chi connectivity index (χ0n) is 10.7. The molecule has 2 amide bonds. The van der Waals surface area contributed by atoms with Crippen molar-refractivity contribution in [3.05, 3.63) is 24.0 Å². The van der Waals surface area contributed by atoms with Crippen molar-refractivity contribution in [2.75, 3.05) is 5.73 Å². The van der Waals surface area contributed by atoms with Gasteiger partial charge in [-0.05, 0) is 26.8 Å². The molecular weight excluding hydrogens is 232 g/mol. The fourth-order valence-electron chi connectivity index (χ4n) is 1.36. The molecule has 6 nitrogen and oxygen atoms in total. The first-order chi connectivity index (χ1) is 8.41. The van der Waals surface area contributed by atoms with Gasteiger partial charge in [-0.3, -0.25) is 14.6 Å². The Hall–Kier alpha value is -2.11. The van der Waals surface area contributed by atoms with Gasteiger partial charge in [-0.1, -0.05) is 0 Å². The maximum Gasteiger partial charge on any atom is 0.254 e. The normalized spacial score (nSPS) is 12.0. The van der Waals surface area contributed by atoms with Crippen LogP contribution in [0, 0.1) is 0 Å². The van der Waals surface area contributed by atoms with E-state index in [1.54, 1.807) is 6.92 Å². The Kier molecular flexibility index (Phi) is 4.65. The first-order valence-corrected chi connectivity index (χ1v) is 5.72. The second-order valence-electron chi connectivity index (χ2n) is 4.32. The Bertz CT molecular complexity index is 445. The number of hydrogen-bond acceptors (Lipinski definition) is 4. The van der Waals surface area contributed by atoms with E-state index in [2.05, 4.69) is 15.6 Å². The molecule has 0 aliphatic heterocycles. The maximum atomic E-state index is 11.9. The van der Waals surface area contributed by atoms with Crippen LogP contribution in [-0.4, -0.2) is 28.9 Å². The number of hydrogen-bond donors (Lipinski definition) is 3. The zero-order valence-corrected chi connectivity index (χ0v) is 10.7. The highest BCUT2D eigenvalue weighted by Gasteiger charge is 2.18. The number of carbonyl (C=O) groups is 2. The number of rotatable bonds is 4. The molecule has 0 aliphatic rings. The SMILES string of the molecule is CC(C)NC(=O)C(C)NC(=O)c1ccncc1N. The quantitative estimate of drug-likeness (QED) is 0.716. The summed E-state index contributed by atoms with van der Waals surface area (Å²) in [6, 6.07) is 0.924. The van der Waals surface area contributed by atoms with Crippen LogP contribution < -0.4 is 16.4 Å². The molecule has 1 unspecified atom stereocenters. The third kappa shape index (κ3) is 3.73. The number of nitrogen functional groups attached to an aromatic ring is 1. The van der Waals surface area contributed by atoms with Crippen LogP contribution in [0.15, 0.2) is 18.5 Å². The van der Waals surface area contributed by atoms with E-state index >= 15 is 0 Å². The van der Waals surface area contributed by atoms with E-state index in [0.717, 1.165) is 0 Å². The Balaban J connectivity index is 2.65. The fourth-order valence-corrected chi connectivity index (χ4v) is 1.36. The average molecular weight is 250 g/mol. The number of anilines is 1. The lowest BCUT2D eigenvalue weighted by Gasteiger charge is -2.16. The van der Waals surface area contributed by atoms with Gasteiger partial charge in [-0.15, -0.1) is 0 Å². The highest BCUT2D eigenvalue weighted by molar-refractivity contribution is 6.01. The summed E-state index contributed by atoms with van der Waals surface area (Å²) in [5.74, 6) is -0.618. The second kappa shape index (κ2) is 6.00. The first kappa shape index (κ1) is 14.0. The molecule has 1 rings (SSSR count). The standard InChI is InChI=1S/C12H18N4O2/c1-7(2)15-11(17)8(3)16-12(18)9-4-5-14-6-10(9)13/h4-8H,13H2,1-3H3,(H,15,17)(H,16,18). The van der Waals surface area contributed by atoms with Gasteiger partial charge in [0.2, 0.25) is 5.91 Å². The van der Waals surface area contributed by atoms with Crippen LogP contribution in [-0.2, 0) is 4.79 Å². The lowest BCUT2D eigenvalue weighted by molar-refractivity contribution is -0.123. The van der Waals surface area contributed by atoms with Gasteiger partial charge < -0.3 is 16.4 Å². The first-order valence-electron chi connectivity index (χ1n) is 5.72. The van der Waals surface area contributed by atoms with E-state index in [4.69, 9.17) is 5.73 Å². The minimum Gasteiger partial charge on any atom is -0.397 e. The van der Waals surface area contributed by atoms with Gasteiger partial charge in [0.15, 0.2) is 0 Å². The Labute approximate surface area is 106 Å². The molecule has 6 heteroatoms. The predicted octanol–water partition coefficient (Wildman–Crippen LogP) is 0.307. The Morgan fingerprint density at radius 3 is 2.50 bits per heavy atom. The van der Waals surface area contributed by atoms with Crippen molar-refractivity contribution in [1.82, 2.24) is 15.6 Å². The van der Waals surface area contributed by atoms with E-state index in [0.29, 0.717) is 5.56 Å². The van der Waals surface area contributed by atoms with Crippen molar-refractivity contribution in [3.63, 3.8) is 0 Å². The Morgan fingerprint density at radius 2 is 1.94 bits per heavy atom. The lowest BCUT2D eigenvalue weighted by Crippen LogP contribution is -2.46. The average Bonchev–Trinajstić information content (AvgIpc) is 2.28. The second-order valence-corrected chi connectivity index (χ2v) is 4.32. The molecule has 0 fully saturated rings. The number of amides is 2. The summed E-state index contributed by atoms with van der Waals surface area (Å²) in [7, 11) is 0. The van der Waals surface area contributed by atoms with Crippen LogP contribution >= 0.6 is 0 Å². The molecule has 4 N–H and O–H groups in total. The highest BCUT2D eigenvalue weighted by atomic mass is 16.2. The summed E-state index contributed by atoms with van der Waals surface area (Å²) in [5.41, 5.74) is 6.23. The molecular formula is C12H18N4O2. The molecule has 18 heavy (non-hydrogen) atoms. The van der Waals surface area contributed by atoms with Gasteiger partial charge in [-0.2, -0.15) is 0 Å². The van der Waals surface area contributed by atoms with Crippen LogP contribution in [0.1, 0.15) is 31.1 Å². The van der Waals surface area contributed by atoms with Gasteiger partial charge in [0.1, 0.15) is 6.04 Å². The summed E-state index contributed by atoms with van der Waals surface area (Å²) in [5, 5.41) is 5.30. The van der Waals surface area contributed by atoms with Crippen LogP contribution in [0.5, 0.6) is 0 Å². The number of nitrogens with one attached hydrogen (secondary N) is 2. The summed E-state index contributed by atoms with van der Waals surface area (Å²) in [4.78, 5) is 27.3. The molecule has 0 bridgehead atoms. The number of carbonyl (C=O) groups excluding carboxylic acids is 2.